The van der Waals surface area contributed by atoms with Crippen molar-refractivity contribution < 1.29 is 9.90 Å². The first-order chi connectivity index (χ1) is 8.54. The van der Waals surface area contributed by atoms with Gasteiger partial charge in [0.2, 0.25) is 0 Å². The molecule has 3 nitrogen and oxygen atoms in total. The van der Waals surface area contributed by atoms with Gasteiger partial charge in [0, 0.05) is 15.6 Å². The molecular formula is C14H14BrNO2. The SMILES string of the molecule is CCC(C)c1cc(C(=O)O)c2cccc(Br)c2n1. The minimum Gasteiger partial charge on any atom is -0.478 e. The number of pyridine rings is 1. The molecule has 0 saturated carbocycles. The van der Waals surface area contributed by atoms with Gasteiger partial charge < -0.3 is 5.11 Å². The number of rotatable bonds is 3. The number of aromatic carboxylic acids is 1. The van der Waals surface area contributed by atoms with Crippen LogP contribution in [0.4, 0.5) is 0 Å². The molecule has 1 atom stereocenters. The molecule has 2 aromatic rings. The molecule has 0 aliphatic rings. The maximum Gasteiger partial charge on any atom is 0.336 e. The molecule has 0 amide bonds. The number of halogens is 1. The van der Waals surface area contributed by atoms with E-state index in [9.17, 15) is 9.90 Å². The lowest BCUT2D eigenvalue weighted by atomic mass is 10.00. The van der Waals surface area contributed by atoms with Gasteiger partial charge in [0.25, 0.3) is 0 Å². The maximum atomic E-state index is 11.3. The normalized spacial score (nSPS) is 12.6. The van der Waals surface area contributed by atoms with Crippen LogP contribution in [0.15, 0.2) is 28.7 Å². The summed E-state index contributed by atoms with van der Waals surface area (Å²) in [4.78, 5) is 15.9. The molecular weight excluding hydrogens is 294 g/mol. The van der Waals surface area contributed by atoms with Crippen LogP contribution in [0.1, 0.15) is 42.2 Å². The van der Waals surface area contributed by atoms with Crippen LogP contribution < -0.4 is 0 Å². The van der Waals surface area contributed by atoms with Crippen molar-refractivity contribution in [3.05, 3.63) is 40.0 Å². The van der Waals surface area contributed by atoms with Crippen LogP contribution in [0, 0.1) is 0 Å². The van der Waals surface area contributed by atoms with Gasteiger partial charge >= 0.3 is 5.97 Å². The van der Waals surface area contributed by atoms with E-state index >= 15 is 0 Å². The fourth-order valence-electron chi connectivity index (χ4n) is 1.87. The van der Waals surface area contributed by atoms with Crippen molar-refractivity contribution in [1.82, 2.24) is 4.98 Å². The summed E-state index contributed by atoms with van der Waals surface area (Å²) < 4.78 is 0.827. The van der Waals surface area contributed by atoms with Crippen molar-refractivity contribution in [2.45, 2.75) is 26.2 Å². The molecule has 1 heterocycles. The number of hydrogen-bond donors (Lipinski definition) is 1. The van der Waals surface area contributed by atoms with Crippen LogP contribution in [-0.4, -0.2) is 16.1 Å². The highest BCUT2D eigenvalue weighted by Crippen LogP contribution is 2.28. The second-order valence-electron chi connectivity index (χ2n) is 4.35. The summed E-state index contributed by atoms with van der Waals surface area (Å²) in [5.74, 6) is -0.662. The third-order valence-corrected chi connectivity index (χ3v) is 3.80. The lowest BCUT2D eigenvalue weighted by Gasteiger charge is -2.12. The van der Waals surface area contributed by atoms with E-state index in [2.05, 4.69) is 34.8 Å². The highest BCUT2D eigenvalue weighted by Gasteiger charge is 2.15. The number of aromatic nitrogens is 1. The Balaban J connectivity index is 2.79. The van der Waals surface area contributed by atoms with Gasteiger partial charge in [0.05, 0.1) is 11.1 Å². The van der Waals surface area contributed by atoms with Crippen LogP contribution in [0.2, 0.25) is 0 Å². The first-order valence-electron chi connectivity index (χ1n) is 5.87. The minimum atomic E-state index is -0.912. The molecule has 4 heteroatoms. The van der Waals surface area contributed by atoms with Gasteiger partial charge in [-0.1, -0.05) is 26.0 Å². The van der Waals surface area contributed by atoms with Crippen LogP contribution >= 0.6 is 15.9 Å². The Morgan fingerprint density at radius 1 is 1.50 bits per heavy atom. The Bertz CT molecular complexity index is 610. The number of carboxylic acid groups (broad SMARTS) is 1. The minimum absolute atomic E-state index is 0.250. The zero-order valence-electron chi connectivity index (χ0n) is 10.3. The zero-order valence-corrected chi connectivity index (χ0v) is 11.9. The van der Waals surface area contributed by atoms with Crippen molar-refractivity contribution in [3.8, 4) is 0 Å². The quantitative estimate of drug-likeness (QED) is 0.924. The fraction of sp³-hybridized carbons (Fsp3) is 0.286. The van der Waals surface area contributed by atoms with E-state index in [0.717, 1.165) is 16.6 Å². The predicted octanol–water partition coefficient (Wildman–Crippen LogP) is 4.21. The van der Waals surface area contributed by atoms with Gasteiger partial charge in [-0.05, 0) is 40.4 Å². The Labute approximate surface area is 114 Å². The Morgan fingerprint density at radius 3 is 2.83 bits per heavy atom. The van der Waals surface area contributed by atoms with Gasteiger partial charge in [0.15, 0.2) is 0 Å². The summed E-state index contributed by atoms with van der Waals surface area (Å²) in [6, 6.07) is 7.17. The molecule has 0 fully saturated rings. The third-order valence-electron chi connectivity index (χ3n) is 3.16. The first kappa shape index (κ1) is 13.0. The highest BCUT2D eigenvalue weighted by atomic mass is 79.9. The average molecular weight is 308 g/mol. The van der Waals surface area contributed by atoms with Gasteiger partial charge in [-0.3, -0.25) is 4.98 Å². The number of nitrogens with zero attached hydrogens (tertiary/aromatic N) is 1. The number of para-hydroxylation sites is 1. The number of carbonyl (C=O) groups is 1. The van der Waals surface area contributed by atoms with Crippen molar-refractivity contribution >= 4 is 32.8 Å². The molecule has 94 valence electrons. The van der Waals surface area contributed by atoms with E-state index in [-0.39, 0.29) is 5.92 Å². The number of hydrogen-bond acceptors (Lipinski definition) is 2. The van der Waals surface area contributed by atoms with Gasteiger partial charge in [-0.25, -0.2) is 4.79 Å². The lowest BCUT2D eigenvalue weighted by molar-refractivity contribution is 0.0699. The maximum absolute atomic E-state index is 11.3. The predicted molar refractivity (Wildman–Crippen MR) is 75.1 cm³/mol. The van der Waals surface area contributed by atoms with E-state index < -0.39 is 5.97 Å². The second kappa shape index (κ2) is 5.06. The van der Waals surface area contributed by atoms with Gasteiger partial charge in [0.1, 0.15) is 0 Å². The summed E-state index contributed by atoms with van der Waals surface area (Å²) in [5.41, 5.74) is 1.86. The van der Waals surface area contributed by atoms with E-state index in [1.165, 1.54) is 0 Å². The van der Waals surface area contributed by atoms with Crippen LogP contribution in [0.3, 0.4) is 0 Å². The summed E-state index contributed by atoms with van der Waals surface area (Å²) in [6.45, 7) is 4.12. The van der Waals surface area contributed by atoms with Crippen molar-refractivity contribution in [2.24, 2.45) is 0 Å². The van der Waals surface area contributed by atoms with Crippen molar-refractivity contribution in [3.63, 3.8) is 0 Å². The van der Waals surface area contributed by atoms with Crippen LogP contribution in [-0.2, 0) is 0 Å². The summed E-state index contributed by atoms with van der Waals surface area (Å²) >= 11 is 3.43. The number of fused-ring (bicyclic) bond motifs is 1. The van der Waals surface area contributed by atoms with Crippen molar-refractivity contribution in [2.75, 3.05) is 0 Å². The first-order valence-corrected chi connectivity index (χ1v) is 6.66. The molecule has 0 aliphatic carbocycles. The van der Waals surface area contributed by atoms with E-state index in [0.29, 0.717) is 16.5 Å². The molecule has 2 rings (SSSR count). The number of carboxylic acids is 1. The monoisotopic (exact) mass is 307 g/mol. The Kier molecular flexibility index (Phi) is 3.66. The van der Waals surface area contributed by atoms with Gasteiger partial charge in [-0.15, -0.1) is 0 Å². The van der Waals surface area contributed by atoms with Gasteiger partial charge in [-0.2, -0.15) is 0 Å². The Morgan fingerprint density at radius 2 is 2.22 bits per heavy atom. The molecule has 1 unspecified atom stereocenters. The molecule has 1 aromatic heterocycles. The fourth-order valence-corrected chi connectivity index (χ4v) is 2.33. The van der Waals surface area contributed by atoms with E-state index in [1.807, 2.05) is 12.1 Å². The third kappa shape index (κ3) is 2.25. The smallest absolute Gasteiger partial charge is 0.336 e. The lowest BCUT2D eigenvalue weighted by Crippen LogP contribution is -2.04. The molecule has 0 saturated heterocycles. The van der Waals surface area contributed by atoms with Crippen LogP contribution in [0.5, 0.6) is 0 Å². The molecule has 0 bridgehead atoms. The molecule has 0 aliphatic heterocycles. The highest BCUT2D eigenvalue weighted by molar-refractivity contribution is 9.10. The summed E-state index contributed by atoms with van der Waals surface area (Å²) in [5, 5.41) is 9.98. The zero-order chi connectivity index (χ0) is 13.3. The van der Waals surface area contributed by atoms with Crippen molar-refractivity contribution in [1.29, 1.82) is 0 Å². The topological polar surface area (TPSA) is 50.2 Å². The molecule has 18 heavy (non-hydrogen) atoms. The molecule has 0 spiro atoms. The number of benzene rings is 1. The molecule has 0 radical (unpaired) electrons. The van der Waals surface area contributed by atoms with Crippen LogP contribution in [0.25, 0.3) is 10.9 Å². The summed E-state index contributed by atoms with van der Waals surface area (Å²) in [6.07, 6.45) is 0.933. The molecule has 1 N–H and O–H groups in total. The Hall–Kier alpha value is -1.42. The largest absolute Gasteiger partial charge is 0.478 e. The second-order valence-corrected chi connectivity index (χ2v) is 5.20. The molecule has 1 aromatic carbocycles. The summed E-state index contributed by atoms with van der Waals surface area (Å²) in [7, 11) is 0. The standard InChI is InChI=1S/C14H14BrNO2/c1-3-8(2)12-7-10(14(17)18)9-5-4-6-11(15)13(9)16-12/h4-8H,3H2,1-2H3,(H,17,18). The van der Waals surface area contributed by atoms with E-state index in [1.54, 1.807) is 12.1 Å². The average Bonchev–Trinajstić information content (AvgIpc) is 2.37. The van der Waals surface area contributed by atoms with E-state index in [4.69, 9.17) is 0 Å².